The number of benzene rings is 1. The molecule has 1 aliphatic heterocycles. The van der Waals surface area contributed by atoms with Crippen molar-refractivity contribution in [1.82, 2.24) is 15.3 Å². The molecule has 1 saturated carbocycles. The van der Waals surface area contributed by atoms with Gasteiger partial charge in [-0.2, -0.15) is 4.98 Å². The number of anilines is 3. The first-order valence-corrected chi connectivity index (χ1v) is 7.98. The Morgan fingerprint density at radius 2 is 2.14 bits per heavy atom. The van der Waals surface area contributed by atoms with E-state index in [0.717, 1.165) is 36.6 Å². The summed E-state index contributed by atoms with van der Waals surface area (Å²) in [6.07, 6.45) is 5.44. The van der Waals surface area contributed by atoms with Gasteiger partial charge >= 0.3 is 0 Å². The van der Waals surface area contributed by atoms with Crippen LogP contribution in [0.25, 0.3) is 0 Å². The van der Waals surface area contributed by atoms with E-state index in [9.17, 15) is 0 Å². The molecular weight excluding hydrogens is 274 g/mol. The van der Waals surface area contributed by atoms with E-state index in [2.05, 4.69) is 44.1 Å². The number of hydrogen-bond acceptors (Lipinski definition) is 5. The topological polar surface area (TPSA) is 61.9 Å². The lowest BCUT2D eigenvalue weighted by atomic mass is 10.0. The predicted octanol–water partition coefficient (Wildman–Crippen LogP) is 2.75. The van der Waals surface area contributed by atoms with E-state index < -0.39 is 0 Å². The molecule has 5 heteroatoms. The molecule has 0 spiro atoms. The lowest BCUT2D eigenvalue weighted by Crippen LogP contribution is -2.23. The van der Waals surface area contributed by atoms with Gasteiger partial charge in [0.1, 0.15) is 5.82 Å². The summed E-state index contributed by atoms with van der Waals surface area (Å²) in [7, 11) is 0. The molecule has 0 radical (unpaired) electrons. The van der Waals surface area contributed by atoms with E-state index in [1.807, 2.05) is 13.1 Å². The minimum Gasteiger partial charge on any atom is -0.367 e. The largest absolute Gasteiger partial charge is 0.367 e. The molecule has 1 aromatic carbocycles. The van der Waals surface area contributed by atoms with Crippen LogP contribution in [0, 0.1) is 6.92 Å². The normalized spacial score (nSPS) is 17.0. The second-order valence-corrected chi connectivity index (χ2v) is 6.18. The molecule has 1 fully saturated rings. The zero-order chi connectivity index (χ0) is 14.9. The maximum atomic E-state index is 4.61. The summed E-state index contributed by atoms with van der Waals surface area (Å²) in [5, 5.41) is 10.2. The van der Waals surface area contributed by atoms with Gasteiger partial charge in [-0.05, 0) is 56.0 Å². The zero-order valence-corrected chi connectivity index (χ0v) is 12.8. The molecule has 3 N–H and O–H groups in total. The maximum absolute atomic E-state index is 4.61. The fourth-order valence-corrected chi connectivity index (χ4v) is 2.75. The molecule has 22 heavy (non-hydrogen) atoms. The molecule has 1 aliphatic carbocycles. The fraction of sp³-hybridized carbons (Fsp3) is 0.412. The van der Waals surface area contributed by atoms with Gasteiger partial charge in [-0.1, -0.05) is 6.07 Å². The van der Waals surface area contributed by atoms with Gasteiger partial charge in [-0.15, -0.1) is 0 Å². The molecule has 5 nitrogen and oxygen atoms in total. The van der Waals surface area contributed by atoms with Crippen LogP contribution in [-0.4, -0.2) is 22.6 Å². The first-order valence-electron chi connectivity index (χ1n) is 7.98. The first-order chi connectivity index (χ1) is 10.8. The fourth-order valence-electron chi connectivity index (χ4n) is 2.75. The molecule has 4 rings (SSSR count). The van der Waals surface area contributed by atoms with E-state index in [4.69, 9.17) is 0 Å². The highest BCUT2D eigenvalue weighted by molar-refractivity contribution is 5.58. The number of hydrogen-bond donors (Lipinski definition) is 3. The van der Waals surface area contributed by atoms with Gasteiger partial charge in [-0.3, -0.25) is 0 Å². The highest BCUT2D eigenvalue weighted by Gasteiger charge is 2.22. The first kappa shape index (κ1) is 13.5. The Hall–Kier alpha value is -2.14. The SMILES string of the molecule is Cc1cnc(Nc2ccc3c(c2)CCNC3)nc1NC1CC1. The van der Waals surface area contributed by atoms with Crippen LogP contribution in [0.5, 0.6) is 0 Å². The van der Waals surface area contributed by atoms with Crippen molar-refractivity contribution in [2.45, 2.75) is 38.8 Å². The second-order valence-electron chi connectivity index (χ2n) is 6.18. The minimum absolute atomic E-state index is 0.595. The summed E-state index contributed by atoms with van der Waals surface area (Å²) in [5.41, 5.74) is 4.95. The van der Waals surface area contributed by atoms with Crippen LogP contribution in [0.15, 0.2) is 24.4 Å². The number of nitrogens with one attached hydrogen (secondary N) is 3. The molecule has 0 bridgehead atoms. The Morgan fingerprint density at radius 1 is 1.23 bits per heavy atom. The summed E-state index contributed by atoms with van der Waals surface area (Å²) < 4.78 is 0. The smallest absolute Gasteiger partial charge is 0.229 e. The van der Waals surface area contributed by atoms with Crippen molar-refractivity contribution < 1.29 is 0 Å². The van der Waals surface area contributed by atoms with Crippen LogP contribution in [0.3, 0.4) is 0 Å². The Labute approximate surface area is 130 Å². The third kappa shape index (κ3) is 2.90. The third-order valence-electron chi connectivity index (χ3n) is 4.24. The van der Waals surface area contributed by atoms with E-state index in [-0.39, 0.29) is 0 Å². The number of fused-ring (bicyclic) bond motifs is 1. The number of nitrogens with zero attached hydrogens (tertiary/aromatic N) is 2. The molecule has 114 valence electrons. The molecule has 0 saturated heterocycles. The molecule has 1 aromatic heterocycles. The van der Waals surface area contributed by atoms with Crippen LogP contribution in [-0.2, 0) is 13.0 Å². The molecule has 2 heterocycles. The average molecular weight is 295 g/mol. The summed E-state index contributed by atoms with van der Waals surface area (Å²) >= 11 is 0. The van der Waals surface area contributed by atoms with Gasteiger partial charge in [0.2, 0.25) is 5.95 Å². The average Bonchev–Trinajstić information content (AvgIpc) is 3.35. The van der Waals surface area contributed by atoms with Crippen LogP contribution >= 0.6 is 0 Å². The Balaban J connectivity index is 1.55. The van der Waals surface area contributed by atoms with Crippen LogP contribution in [0.4, 0.5) is 17.5 Å². The monoisotopic (exact) mass is 295 g/mol. The van der Waals surface area contributed by atoms with Gasteiger partial charge in [-0.25, -0.2) is 4.98 Å². The van der Waals surface area contributed by atoms with E-state index in [1.165, 1.54) is 24.0 Å². The van der Waals surface area contributed by atoms with Crippen molar-refractivity contribution in [1.29, 1.82) is 0 Å². The zero-order valence-electron chi connectivity index (χ0n) is 12.8. The Bertz CT molecular complexity index is 693. The van der Waals surface area contributed by atoms with Crippen molar-refractivity contribution in [3.8, 4) is 0 Å². The van der Waals surface area contributed by atoms with E-state index in [0.29, 0.717) is 12.0 Å². The summed E-state index contributed by atoms with van der Waals surface area (Å²) in [5.74, 6) is 1.60. The van der Waals surface area contributed by atoms with Crippen molar-refractivity contribution in [3.05, 3.63) is 41.1 Å². The summed E-state index contributed by atoms with van der Waals surface area (Å²) in [6.45, 7) is 4.05. The number of aromatic nitrogens is 2. The van der Waals surface area contributed by atoms with Gasteiger partial charge in [0.15, 0.2) is 0 Å². The Kier molecular flexibility index (Phi) is 3.42. The molecule has 2 aliphatic rings. The third-order valence-corrected chi connectivity index (χ3v) is 4.24. The lowest BCUT2D eigenvalue weighted by molar-refractivity contribution is 0.644. The maximum Gasteiger partial charge on any atom is 0.229 e. The second kappa shape index (κ2) is 5.57. The highest BCUT2D eigenvalue weighted by atomic mass is 15.2. The van der Waals surface area contributed by atoms with Crippen molar-refractivity contribution in [2.75, 3.05) is 17.2 Å². The predicted molar refractivity (Wildman–Crippen MR) is 88.5 cm³/mol. The molecular formula is C17H21N5. The van der Waals surface area contributed by atoms with Crippen molar-refractivity contribution >= 4 is 17.5 Å². The minimum atomic E-state index is 0.595. The van der Waals surface area contributed by atoms with Crippen LogP contribution in [0.1, 0.15) is 29.5 Å². The van der Waals surface area contributed by atoms with E-state index >= 15 is 0 Å². The Morgan fingerprint density at radius 3 is 3.00 bits per heavy atom. The highest BCUT2D eigenvalue weighted by Crippen LogP contribution is 2.26. The van der Waals surface area contributed by atoms with Crippen LogP contribution < -0.4 is 16.0 Å². The summed E-state index contributed by atoms with van der Waals surface area (Å²) in [4.78, 5) is 9.01. The van der Waals surface area contributed by atoms with Crippen molar-refractivity contribution in [3.63, 3.8) is 0 Å². The summed E-state index contributed by atoms with van der Waals surface area (Å²) in [6, 6.07) is 7.09. The van der Waals surface area contributed by atoms with Crippen LogP contribution in [0.2, 0.25) is 0 Å². The standard InChI is InChI=1S/C17H21N5/c1-11-9-19-17(22-16(11)20-14-4-5-14)21-15-3-2-13-10-18-7-6-12(13)8-15/h2-3,8-9,14,18H,4-7,10H2,1H3,(H2,19,20,21,22). The van der Waals surface area contributed by atoms with Gasteiger partial charge < -0.3 is 16.0 Å². The molecule has 0 amide bonds. The van der Waals surface area contributed by atoms with Gasteiger partial charge in [0.25, 0.3) is 0 Å². The molecule has 0 atom stereocenters. The quantitative estimate of drug-likeness (QED) is 0.809. The molecule has 2 aromatic rings. The van der Waals surface area contributed by atoms with E-state index in [1.54, 1.807) is 0 Å². The van der Waals surface area contributed by atoms with Gasteiger partial charge in [0.05, 0.1) is 0 Å². The van der Waals surface area contributed by atoms with Gasteiger partial charge in [0, 0.05) is 30.0 Å². The number of rotatable bonds is 4. The molecule has 0 unspecified atom stereocenters. The number of aryl methyl sites for hydroxylation is 1. The van der Waals surface area contributed by atoms with Crippen molar-refractivity contribution in [2.24, 2.45) is 0 Å². The lowest BCUT2D eigenvalue weighted by Gasteiger charge is -2.18.